The van der Waals surface area contributed by atoms with Crippen molar-refractivity contribution in [3.05, 3.63) is 137 Å². The number of aryl methyl sites for hydroxylation is 1. The minimum atomic E-state index is -1.47. The lowest BCUT2D eigenvalue weighted by Gasteiger charge is -2.32. The Bertz CT molecular complexity index is 1140. The third-order valence-electron chi connectivity index (χ3n) is 5.25. The van der Waals surface area contributed by atoms with Gasteiger partial charge in [-0.25, -0.2) is 0 Å². The average Bonchev–Trinajstić information content (AvgIpc) is 2.80. The normalized spacial score (nSPS) is 12.7. The van der Waals surface area contributed by atoms with E-state index >= 15 is 0 Å². The maximum absolute atomic E-state index is 13.2. The summed E-state index contributed by atoms with van der Waals surface area (Å²) in [5, 5.41) is 15.1. The van der Waals surface area contributed by atoms with Crippen molar-refractivity contribution in [2.24, 2.45) is 0 Å². The molecule has 1 atom stereocenters. The predicted molar refractivity (Wildman–Crippen MR) is 121 cm³/mol. The molecule has 0 bridgehead atoms. The highest BCUT2D eigenvalue weighted by atomic mass is 16.3. The molecule has 4 rings (SSSR count). The molecule has 3 heteroatoms. The average molecular weight is 393 g/mol. The molecule has 1 unspecified atom stereocenters. The highest BCUT2D eigenvalue weighted by Crippen LogP contribution is 2.38. The van der Waals surface area contributed by atoms with Crippen molar-refractivity contribution in [1.82, 2.24) is 0 Å². The van der Waals surface area contributed by atoms with Gasteiger partial charge in [0, 0.05) is 16.8 Å². The topological polar surface area (TPSA) is 49.3 Å². The molecule has 148 valence electrons. The van der Waals surface area contributed by atoms with Crippen LogP contribution in [0, 0.1) is 6.92 Å². The summed E-state index contributed by atoms with van der Waals surface area (Å²) in [7, 11) is 0. The first-order chi connectivity index (χ1) is 14.6. The number of anilines is 1. The molecular formula is C27H23NO2. The first kappa shape index (κ1) is 19.6. The van der Waals surface area contributed by atoms with Gasteiger partial charge in [-0.3, -0.25) is 4.79 Å². The molecule has 0 spiro atoms. The van der Waals surface area contributed by atoms with Crippen LogP contribution in [0.3, 0.4) is 0 Å². The van der Waals surface area contributed by atoms with Crippen LogP contribution in [0.4, 0.5) is 5.69 Å². The summed E-state index contributed by atoms with van der Waals surface area (Å²) < 4.78 is 0. The molecule has 0 saturated carbocycles. The molecule has 0 aromatic heterocycles. The van der Waals surface area contributed by atoms with E-state index in [1.807, 2.05) is 110 Å². The monoisotopic (exact) mass is 393 g/mol. The SMILES string of the molecule is Cc1ccc(C(O)(c2ccccc2)c2ccccc2C(=O)Nc2ccccc2)cc1. The minimum absolute atomic E-state index is 0.265. The summed E-state index contributed by atoms with van der Waals surface area (Å²) in [6.07, 6.45) is 0. The van der Waals surface area contributed by atoms with Crippen LogP contribution in [0.25, 0.3) is 0 Å². The Morgan fingerprint density at radius 1 is 0.700 bits per heavy atom. The lowest BCUT2D eigenvalue weighted by molar-refractivity contribution is 0.0996. The molecule has 1 amide bonds. The number of nitrogens with one attached hydrogen (secondary N) is 1. The van der Waals surface area contributed by atoms with E-state index < -0.39 is 5.60 Å². The van der Waals surface area contributed by atoms with Crippen LogP contribution in [0.2, 0.25) is 0 Å². The number of rotatable bonds is 5. The Kier molecular flexibility index (Phi) is 5.46. The van der Waals surface area contributed by atoms with Gasteiger partial charge in [-0.05, 0) is 36.2 Å². The van der Waals surface area contributed by atoms with Crippen LogP contribution >= 0.6 is 0 Å². The maximum atomic E-state index is 13.2. The van der Waals surface area contributed by atoms with Crippen molar-refractivity contribution < 1.29 is 9.90 Å². The fourth-order valence-corrected chi connectivity index (χ4v) is 3.67. The number of hydrogen-bond acceptors (Lipinski definition) is 2. The Hall–Kier alpha value is -3.69. The molecule has 0 aliphatic heterocycles. The van der Waals surface area contributed by atoms with Crippen LogP contribution in [0.1, 0.15) is 32.6 Å². The smallest absolute Gasteiger partial charge is 0.256 e. The standard InChI is InChI=1S/C27H23NO2/c1-20-16-18-22(19-17-20)27(30,21-10-4-2-5-11-21)25-15-9-8-14-24(25)26(29)28-23-12-6-3-7-13-23/h2-19,30H,1H3,(H,28,29). The van der Waals surface area contributed by atoms with Crippen molar-refractivity contribution >= 4 is 11.6 Å². The second kappa shape index (κ2) is 8.36. The van der Waals surface area contributed by atoms with Crippen LogP contribution in [-0.4, -0.2) is 11.0 Å². The molecule has 0 fully saturated rings. The van der Waals surface area contributed by atoms with Gasteiger partial charge < -0.3 is 10.4 Å². The largest absolute Gasteiger partial charge is 0.376 e. The molecule has 4 aromatic carbocycles. The Morgan fingerprint density at radius 2 is 1.23 bits per heavy atom. The minimum Gasteiger partial charge on any atom is -0.376 e. The van der Waals surface area contributed by atoms with E-state index in [2.05, 4.69) is 5.32 Å². The van der Waals surface area contributed by atoms with Crippen LogP contribution < -0.4 is 5.32 Å². The second-order valence-corrected chi connectivity index (χ2v) is 7.31. The summed E-state index contributed by atoms with van der Waals surface area (Å²) >= 11 is 0. The van der Waals surface area contributed by atoms with Gasteiger partial charge in [0.25, 0.3) is 5.91 Å². The second-order valence-electron chi connectivity index (χ2n) is 7.31. The van der Waals surface area contributed by atoms with Gasteiger partial charge in [0.15, 0.2) is 0 Å². The summed E-state index contributed by atoms with van der Waals surface area (Å²) in [4.78, 5) is 13.2. The molecule has 4 aromatic rings. The molecule has 0 radical (unpaired) electrons. The van der Waals surface area contributed by atoms with Gasteiger partial charge in [-0.1, -0.05) is 96.6 Å². The van der Waals surface area contributed by atoms with E-state index in [1.54, 1.807) is 6.07 Å². The number of amides is 1. The Morgan fingerprint density at radius 3 is 1.90 bits per heavy atom. The quantitative estimate of drug-likeness (QED) is 0.438. The molecule has 0 aliphatic rings. The van der Waals surface area contributed by atoms with Gasteiger partial charge in [0.05, 0.1) is 0 Å². The lowest BCUT2D eigenvalue weighted by Crippen LogP contribution is -2.32. The molecule has 0 heterocycles. The van der Waals surface area contributed by atoms with Crippen molar-refractivity contribution in [3.63, 3.8) is 0 Å². The van der Waals surface area contributed by atoms with Gasteiger partial charge in [-0.15, -0.1) is 0 Å². The van der Waals surface area contributed by atoms with E-state index in [-0.39, 0.29) is 5.91 Å². The van der Waals surface area contributed by atoms with Gasteiger partial charge in [0.2, 0.25) is 0 Å². The number of hydrogen-bond donors (Lipinski definition) is 2. The summed E-state index contributed by atoms with van der Waals surface area (Å²) in [5.41, 5.74) is 2.70. The fraction of sp³-hybridized carbons (Fsp3) is 0.0741. The molecule has 0 saturated heterocycles. The van der Waals surface area contributed by atoms with E-state index in [0.717, 1.165) is 5.56 Å². The zero-order chi connectivity index (χ0) is 21.0. The summed E-state index contributed by atoms with van der Waals surface area (Å²) in [6.45, 7) is 2.01. The fourth-order valence-electron chi connectivity index (χ4n) is 3.67. The summed E-state index contributed by atoms with van der Waals surface area (Å²) in [5.74, 6) is -0.265. The van der Waals surface area contributed by atoms with Crippen molar-refractivity contribution in [3.8, 4) is 0 Å². The molecule has 30 heavy (non-hydrogen) atoms. The van der Waals surface area contributed by atoms with Crippen LogP contribution in [-0.2, 0) is 5.60 Å². The number of para-hydroxylation sites is 1. The van der Waals surface area contributed by atoms with E-state index in [0.29, 0.717) is 27.9 Å². The number of carbonyl (C=O) groups excluding carboxylic acids is 1. The third kappa shape index (κ3) is 3.76. The maximum Gasteiger partial charge on any atom is 0.256 e. The Labute approximate surface area is 176 Å². The molecular weight excluding hydrogens is 370 g/mol. The van der Waals surface area contributed by atoms with Gasteiger partial charge >= 0.3 is 0 Å². The zero-order valence-corrected chi connectivity index (χ0v) is 16.7. The Balaban J connectivity index is 1.86. The third-order valence-corrected chi connectivity index (χ3v) is 5.25. The first-order valence-corrected chi connectivity index (χ1v) is 9.90. The number of benzene rings is 4. The van der Waals surface area contributed by atoms with Crippen LogP contribution in [0.5, 0.6) is 0 Å². The molecule has 0 aliphatic carbocycles. The van der Waals surface area contributed by atoms with Crippen molar-refractivity contribution in [2.45, 2.75) is 12.5 Å². The zero-order valence-electron chi connectivity index (χ0n) is 16.7. The van der Waals surface area contributed by atoms with E-state index in [1.165, 1.54) is 0 Å². The molecule has 3 nitrogen and oxygen atoms in total. The van der Waals surface area contributed by atoms with E-state index in [4.69, 9.17) is 0 Å². The van der Waals surface area contributed by atoms with Crippen molar-refractivity contribution in [1.29, 1.82) is 0 Å². The highest BCUT2D eigenvalue weighted by molar-refractivity contribution is 6.05. The first-order valence-electron chi connectivity index (χ1n) is 9.90. The lowest BCUT2D eigenvalue weighted by atomic mass is 9.78. The van der Waals surface area contributed by atoms with Gasteiger partial charge in [-0.2, -0.15) is 0 Å². The number of aliphatic hydroxyl groups is 1. The summed E-state index contributed by atoms with van der Waals surface area (Å²) in [6, 6.07) is 33.7. The van der Waals surface area contributed by atoms with Crippen molar-refractivity contribution in [2.75, 3.05) is 5.32 Å². The number of carbonyl (C=O) groups is 1. The van der Waals surface area contributed by atoms with Gasteiger partial charge in [0.1, 0.15) is 5.60 Å². The molecule has 2 N–H and O–H groups in total. The van der Waals surface area contributed by atoms with Crippen LogP contribution in [0.15, 0.2) is 109 Å². The van der Waals surface area contributed by atoms with E-state index in [9.17, 15) is 9.90 Å². The predicted octanol–water partition coefficient (Wildman–Crippen LogP) is 5.53. The highest BCUT2D eigenvalue weighted by Gasteiger charge is 2.36.